The van der Waals surface area contributed by atoms with E-state index in [4.69, 9.17) is 5.84 Å². The number of pyridine rings is 1. The van der Waals surface area contributed by atoms with Crippen molar-refractivity contribution >= 4 is 22.5 Å². The normalized spacial score (nSPS) is 11.9. The maximum Gasteiger partial charge on any atom is 0.251 e. The van der Waals surface area contributed by atoms with Crippen molar-refractivity contribution in [2.45, 2.75) is 19.8 Å². The Balaban J connectivity index is 2.63. The summed E-state index contributed by atoms with van der Waals surface area (Å²) >= 11 is 0. The summed E-state index contributed by atoms with van der Waals surface area (Å²) in [6, 6.07) is 3.35. The van der Waals surface area contributed by atoms with E-state index in [0.29, 0.717) is 30.1 Å². The molecule has 0 saturated carbocycles. The molecule has 0 spiro atoms. The molecule has 6 nitrogen and oxygen atoms in total. The van der Waals surface area contributed by atoms with Crippen molar-refractivity contribution in [1.29, 1.82) is 0 Å². The molecule has 0 aliphatic rings. The number of rotatable bonds is 7. The molecule has 1 amide bonds. The molecule has 1 unspecified atom stereocenters. The predicted octanol–water partition coefficient (Wildman–Crippen LogP) is 0.428. The van der Waals surface area contributed by atoms with Gasteiger partial charge in [0.25, 0.3) is 5.91 Å². The minimum atomic E-state index is -0.823. The van der Waals surface area contributed by atoms with Crippen molar-refractivity contribution in [2.24, 2.45) is 5.84 Å². The average molecular weight is 284 g/mol. The monoisotopic (exact) mass is 284 g/mol. The second-order valence-corrected chi connectivity index (χ2v) is 5.67. The number of amides is 1. The van der Waals surface area contributed by atoms with E-state index in [2.05, 4.69) is 15.7 Å². The number of aryl methyl sites for hydroxylation is 1. The molecule has 106 valence electrons. The molecular formula is C12H20N4O2S. The van der Waals surface area contributed by atoms with E-state index in [-0.39, 0.29) is 5.91 Å². The molecule has 1 rings (SSSR count). The predicted molar refractivity (Wildman–Crippen MR) is 77.3 cm³/mol. The van der Waals surface area contributed by atoms with Crippen LogP contribution < -0.4 is 16.6 Å². The lowest BCUT2D eigenvalue weighted by atomic mass is 10.2. The summed E-state index contributed by atoms with van der Waals surface area (Å²) in [6.07, 6.45) is 3.07. The van der Waals surface area contributed by atoms with Crippen LogP contribution in [0.15, 0.2) is 12.1 Å². The van der Waals surface area contributed by atoms with Crippen LogP contribution >= 0.6 is 0 Å². The van der Waals surface area contributed by atoms with Gasteiger partial charge in [0.05, 0.1) is 0 Å². The van der Waals surface area contributed by atoms with Crippen LogP contribution in [-0.2, 0) is 17.2 Å². The zero-order chi connectivity index (χ0) is 14.3. The lowest BCUT2D eigenvalue weighted by Crippen LogP contribution is -2.26. The number of nitrogens with zero attached hydrogens (tertiary/aromatic N) is 1. The summed E-state index contributed by atoms with van der Waals surface area (Å²) in [7, 11) is -0.823. The first-order valence-electron chi connectivity index (χ1n) is 6.12. The zero-order valence-electron chi connectivity index (χ0n) is 11.2. The van der Waals surface area contributed by atoms with Crippen LogP contribution in [0.4, 0.5) is 5.82 Å². The fourth-order valence-corrected chi connectivity index (χ4v) is 2.10. The first kappa shape index (κ1) is 15.6. The number of hydrogen-bond acceptors (Lipinski definition) is 5. The smallest absolute Gasteiger partial charge is 0.251 e. The molecule has 0 aliphatic carbocycles. The summed E-state index contributed by atoms with van der Waals surface area (Å²) in [5.41, 5.74) is 3.77. The highest BCUT2D eigenvalue weighted by Gasteiger charge is 2.08. The van der Waals surface area contributed by atoms with Gasteiger partial charge in [-0.1, -0.05) is 6.92 Å². The Bertz CT molecular complexity index is 443. The Morgan fingerprint density at radius 2 is 2.21 bits per heavy atom. The maximum absolute atomic E-state index is 11.9. The van der Waals surface area contributed by atoms with Crippen LogP contribution in [-0.4, -0.2) is 33.7 Å². The van der Waals surface area contributed by atoms with Crippen LogP contribution in [0, 0.1) is 0 Å². The number of nitrogen functional groups attached to an aromatic ring is 1. The van der Waals surface area contributed by atoms with Gasteiger partial charge >= 0.3 is 0 Å². The number of carbonyl (C=O) groups excluding carboxylic acids is 1. The van der Waals surface area contributed by atoms with Gasteiger partial charge in [0.1, 0.15) is 5.82 Å². The van der Waals surface area contributed by atoms with E-state index in [1.807, 2.05) is 6.92 Å². The highest BCUT2D eigenvalue weighted by Crippen LogP contribution is 2.10. The molecular weight excluding hydrogens is 264 g/mol. The standard InChI is InChI=1S/C12H20N4O2S/c1-3-10-7-9(8-11(15-10)16-13)12(17)14-5-4-6-19(2)18/h7-8H,3-6,13H2,1-2H3,(H,14,17)(H,15,16). The summed E-state index contributed by atoms with van der Waals surface area (Å²) in [6.45, 7) is 2.47. The Kier molecular flexibility index (Phi) is 6.44. The number of nitrogens with one attached hydrogen (secondary N) is 2. The molecule has 19 heavy (non-hydrogen) atoms. The van der Waals surface area contributed by atoms with E-state index in [9.17, 15) is 9.00 Å². The van der Waals surface area contributed by atoms with Crippen molar-refractivity contribution in [1.82, 2.24) is 10.3 Å². The van der Waals surface area contributed by atoms with Gasteiger partial charge in [-0.3, -0.25) is 9.00 Å². The van der Waals surface area contributed by atoms with Gasteiger partial charge in [0, 0.05) is 40.6 Å². The van der Waals surface area contributed by atoms with Crippen molar-refractivity contribution in [3.8, 4) is 0 Å². The zero-order valence-corrected chi connectivity index (χ0v) is 12.0. The Labute approximate surface area is 115 Å². The molecule has 4 N–H and O–H groups in total. The summed E-state index contributed by atoms with van der Waals surface area (Å²) in [5, 5.41) is 2.79. The molecule has 0 radical (unpaired) electrons. The minimum Gasteiger partial charge on any atom is -0.352 e. The lowest BCUT2D eigenvalue weighted by molar-refractivity contribution is 0.0953. The van der Waals surface area contributed by atoms with Crippen LogP contribution in [0.1, 0.15) is 29.4 Å². The Morgan fingerprint density at radius 1 is 1.47 bits per heavy atom. The van der Waals surface area contributed by atoms with Crippen LogP contribution in [0.3, 0.4) is 0 Å². The van der Waals surface area contributed by atoms with E-state index in [1.165, 1.54) is 0 Å². The molecule has 1 aromatic heterocycles. The molecule has 1 atom stereocenters. The first-order chi connectivity index (χ1) is 9.06. The van der Waals surface area contributed by atoms with Crippen LogP contribution in [0.25, 0.3) is 0 Å². The van der Waals surface area contributed by atoms with Gasteiger partial charge in [-0.05, 0) is 25.0 Å². The Morgan fingerprint density at radius 3 is 2.79 bits per heavy atom. The third-order valence-electron chi connectivity index (χ3n) is 2.54. The van der Waals surface area contributed by atoms with Crippen LogP contribution in [0.2, 0.25) is 0 Å². The number of hydrazine groups is 1. The van der Waals surface area contributed by atoms with Crippen molar-refractivity contribution in [2.75, 3.05) is 24.0 Å². The topological polar surface area (TPSA) is 97.1 Å². The molecule has 0 saturated heterocycles. The molecule has 0 fully saturated rings. The molecule has 1 aromatic rings. The minimum absolute atomic E-state index is 0.171. The van der Waals surface area contributed by atoms with Crippen LogP contribution in [0.5, 0.6) is 0 Å². The van der Waals surface area contributed by atoms with Gasteiger partial charge in [-0.2, -0.15) is 0 Å². The number of carbonyl (C=O) groups is 1. The van der Waals surface area contributed by atoms with Gasteiger partial charge in [-0.25, -0.2) is 10.8 Å². The summed E-state index contributed by atoms with van der Waals surface area (Å²) in [4.78, 5) is 16.2. The van der Waals surface area contributed by atoms with Crippen molar-refractivity contribution < 1.29 is 9.00 Å². The summed E-state index contributed by atoms with van der Waals surface area (Å²) in [5.74, 6) is 6.21. The highest BCUT2D eigenvalue weighted by molar-refractivity contribution is 7.84. The van der Waals surface area contributed by atoms with Gasteiger partial charge in [0.2, 0.25) is 0 Å². The fraction of sp³-hybridized carbons (Fsp3) is 0.500. The molecule has 7 heteroatoms. The number of aromatic nitrogens is 1. The quantitative estimate of drug-likeness (QED) is 0.383. The second-order valence-electron chi connectivity index (χ2n) is 4.12. The second kappa shape index (κ2) is 7.85. The SMILES string of the molecule is CCc1cc(C(=O)NCCCS(C)=O)cc(NN)n1. The lowest BCUT2D eigenvalue weighted by Gasteiger charge is -2.08. The number of nitrogens with two attached hydrogens (primary N) is 1. The Hall–Kier alpha value is -1.47. The van der Waals surface area contributed by atoms with Crippen molar-refractivity contribution in [3.05, 3.63) is 23.4 Å². The maximum atomic E-state index is 11.9. The van der Waals surface area contributed by atoms with E-state index < -0.39 is 10.8 Å². The third kappa shape index (κ3) is 5.35. The van der Waals surface area contributed by atoms with Crippen molar-refractivity contribution in [3.63, 3.8) is 0 Å². The van der Waals surface area contributed by atoms with E-state index in [1.54, 1.807) is 18.4 Å². The number of hydrogen-bond donors (Lipinski definition) is 3. The largest absolute Gasteiger partial charge is 0.352 e. The first-order valence-corrected chi connectivity index (χ1v) is 7.85. The van der Waals surface area contributed by atoms with E-state index in [0.717, 1.165) is 12.1 Å². The van der Waals surface area contributed by atoms with E-state index >= 15 is 0 Å². The van der Waals surface area contributed by atoms with Gasteiger partial charge < -0.3 is 10.7 Å². The molecule has 1 heterocycles. The molecule has 0 aromatic carbocycles. The van der Waals surface area contributed by atoms with Gasteiger partial charge in [-0.15, -0.1) is 0 Å². The summed E-state index contributed by atoms with van der Waals surface area (Å²) < 4.78 is 10.9. The number of anilines is 1. The van der Waals surface area contributed by atoms with Gasteiger partial charge in [0.15, 0.2) is 0 Å². The fourth-order valence-electron chi connectivity index (χ4n) is 1.55. The highest BCUT2D eigenvalue weighted by atomic mass is 32.2. The average Bonchev–Trinajstić information content (AvgIpc) is 2.42. The molecule has 0 bridgehead atoms. The third-order valence-corrected chi connectivity index (χ3v) is 3.41. The molecule has 0 aliphatic heterocycles.